The van der Waals surface area contributed by atoms with Crippen LogP contribution in [0.25, 0.3) is 0 Å². The van der Waals surface area contributed by atoms with Gasteiger partial charge in [0.25, 0.3) is 0 Å². The van der Waals surface area contributed by atoms with Gasteiger partial charge in [-0.3, -0.25) is 4.79 Å². The average molecular weight is 182 g/mol. The molecule has 1 aliphatic rings. The summed E-state index contributed by atoms with van der Waals surface area (Å²) in [5, 5.41) is 0. The van der Waals surface area contributed by atoms with E-state index in [1.54, 1.807) is 0 Å². The summed E-state index contributed by atoms with van der Waals surface area (Å²) in [4.78, 5) is 11.0. The molecule has 2 heteroatoms. The molecule has 13 heavy (non-hydrogen) atoms. The summed E-state index contributed by atoms with van der Waals surface area (Å²) < 4.78 is 5.17. The molecule has 1 unspecified atom stereocenters. The minimum atomic E-state index is -0.121. The third kappa shape index (κ3) is 2.87. The maximum absolute atomic E-state index is 11.0. The molecule has 1 rings (SSSR count). The summed E-state index contributed by atoms with van der Waals surface area (Å²) in [5.41, 5.74) is 1.33. The van der Waals surface area contributed by atoms with Gasteiger partial charge in [0.2, 0.25) is 0 Å². The number of hydrogen-bond acceptors (Lipinski definition) is 2. The van der Waals surface area contributed by atoms with Crippen LogP contribution in [0.4, 0.5) is 0 Å². The highest BCUT2D eigenvalue weighted by Gasteiger charge is 2.18. The van der Waals surface area contributed by atoms with Crippen LogP contribution in [0.1, 0.15) is 46.5 Å². The van der Waals surface area contributed by atoms with E-state index in [1.165, 1.54) is 12.0 Å². The van der Waals surface area contributed by atoms with Gasteiger partial charge in [-0.05, 0) is 37.7 Å². The quantitative estimate of drug-likeness (QED) is 0.484. The molecule has 1 fully saturated rings. The molecule has 0 aromatic heterocycles. The van der Waals surface area contributed by atoms with Gasteiger partial charge >= 0.3 is 5.97 Å². The van der Waals surface area contributed by atoms with E-state index in [9.17, 15) is 4.79 Å². The molecule has 1 saturated carbocycles. The molecule has 0 N–H and O–H groups in total. The summed E-state index contributed by atoms with van der Waals surface area (Å²) in [6.07, 6.45) is 3.89. The molecule has 0 spiro atoms. The van der Waals surface area contributed by atoms with E-state index in [-0.39, 0.29) is 5.97 Å². The van der Waals surface area contributed by atoms with Crippen molar-refractivity contribution in [3.05, 3.63) is 11.3 Å². The van der Waals surface area contributed by atoms with E-state index in [0.717, 1.165) is 24.5 Å². The van der Waals surface area contributed by atoms with Gasteiger partial charge < -0.3 is 4.74 Å². The Balaban J connectivity index is 2.54. The maximum atomic E-state index is 11.0. The van der Waals surface area contributed by atoms with Crippen LogP contribution in [-0.4, -0.2) is 5.97 Å². The van der Waals surface area contributed by atoms with Gasteiger partial charge in [-0.25, -0.2) is 0 Å². The van der Waals surface area contributed by atoms with Crippen molar-refractivity contribution < 1.29 is 9.53 Å². The number of hydrogen-bond donors (Lipinski definition) is 0. The SMILES string of the molecule is CCC(=O)OC(C)=C1CCC(C)C1. The summed E-state index contributed by atoms with van der Waals surface area (Å²) in [5.74, 6) is 1.48. The maximum Gasteiger partial charge on any atom is 0.310 e. The van der Waals surface area contributed by atoms with E-state index in [0.29, 0.717) is 6.42 Å². The molecule has 0 radical (unpaired) electrons. The summed E-state index contributed by atoms with van der Waals surface area (Å²) >= 11 is 0. The Morgan fingerprint density at radius 2 is 2.31 bits per heavy atom. The largest absolute Gasteiger partial charge is 0.431 e. The molecule has 74 valence electrons. The van der Waals surface area contributed by atoms with Gasteiger partial charge in [0.1, 0.15) is 5.76 Å². The lowest BCUT2D eigenvalue weighted by atomic mass is 10.1. The molecule has 0 bridgehead atoms. The topological polar surface area (TPSA) is 26.3 Å². The Labute approximate surface area is 80.0 Å². The van der Waals surface area contributed by atoms with E-state index in [1.807, 2.05) is 13.8 Å². The molecule has 0 saturated heterocycles. The second kappa shape index (κ2) is 4.45. The lowest BCUT2D eigenvalue weighted by molar-refractivity contribution is -0.139. The van der Waals surface area contributed by atoms with Crippen molar-refractivity contribution in [3.8, 4) is 0 Å². The number of esters is 1. The molecular formula is C11H18O2. The minimum Gasteiger partial charge on any atom is -0.431 e. The number of ether oxygens (including phenoxy) is 1. The smallest absolute Gasteiger partial charge is 0.310 e. The Morgan fingerprint density at radius 3 is 2.77 bits per heavy atom. The van der Waals surface area contributed by atoms with E-state index in [2.05, 4.69) is 6.92 Å². The highest BCUT2D eigenvalue weighted by atomic mass is 16.5. The predicted octanol–water partition coefficient (Wildman–Crippen LogP) is 3.03. The Hall–Kier alpha value is -0.790. The second-order valence-electron chi connectivity index (χ2n) is 3.84. The fourth-order valence-electron chi connectivity index (χ4n) is 1.68. The highest BCUT2D eigenvalue weighted by Crippen LogP contribution is 2.32. The molecule has 1 atom stereocenters. The third-order valence-corrected chi connectivity index (χ3v) is 2.59. The van der Waals surface area contributed by atoms with Crippen molar-refractivity contribution in [2.45, 2.75) is 46.5 Å². The first-order valence-electron chi connectivity index (χ1n) is 5.02. The van der Waals surface area contributed by atoms with Crippen LogP contribution in [0.15, 0.2) is 11.3 Å². The van der Waals surface area contributed by atoms with Crippen LogP contribution < -0.4 is 0 Å². The molecular weight excluding hydrogens is 164 g/mol. The first-order chi connectivity index (χ1) is 6.13. The third-order valence-electron chi connectivity index (χ3n) is 2.59. The van der Waals surface area contributed by atoms with Gasteiger partial charge in [-0.1, -0.05) is 13.8 Å². The number of carbonyl (C=O) groups is 1. The van der Waals surface area contributed by atoms with Crippen molar-refractivity contribution in [2.75, 3.05) is 0 Å². The average Bonchev–Trinajstić information content (AvgIpc) is 2.51. The van der Waals surface area contributed by atoms with E-state index in [4.69, 9.17) is 4.74 Å². The van der Waals surface area contributed by atoms with Crippen LogP contribution in [0.2, 0.25) is 0 Å². The molecule has 1 aliphatic carbocycles. The molecule has 0 amide bonds. The molecule has 2 nitrogen and oxygen atoms in total. The van der Waals surface area contributed by atoms with Gasteiger partial charge in [0, 0.05) is 6.42 Å². The predicted molar refractivity (Wildman–Crippen MR) is 52.1 cm³/mol. The lowest BCUT2D eigenvalue weighted by Crippen LogP contribution is -2.02. The molecule has 0 aliphatic heterocycles. The normalized spacial score (nSPS) is 25.9. The van der Waals surface area contributed by atoms with Gasteiger partial charge in [0.15, 0.2) is 0 Å². The van der Waals surface area contributed by atoms with Gasteiger partial charge in [0.05, 0.1) is 0 Å². The summed E-state index contributed by atoms with van der Waals surface area (Å²) in [7, 11) is 0. The second-order valence-corrected chi connectivity index (χ2v) is 3.84. The molecule has 0 aromatic rings. The Bertz CT molecular complexity index is 228. The van der Waals surface area contributed by atoms with E-state index < -0.39 is 0 Å². The van der Waals surface area contributed by atoms with Crippen molar-refractivity contribution in [3.63, 3.8) is 0 Å². The standard InChI is InChI=1S/C11H18O2/c1-4-11(12)13-9(3)10-6-5-8(2)7-10/h8H,4-7H2,1-3H3. The van der Waals surface area contributed by atoms with Crippen LogP contribution in [0, 0.1) is 5.92 Å². The highest BCUT2D eigenvalue weighted by molar-refractivity contribution is 5.70. The molecule has 0 aromatic carbocycles. The summed E-state index contributed by atoms with van der Waals surface area (Å²) in [6, 6.07) is 0. The number of rotatable bonds is 2. The molecule has 0 heterocycles. The van der Waals surface area contributed by atoms with Gasteiger partial charge in [-0.15, -0.1) is 0 Å². The zero-order valence-electron chi connectivity index (χ0n) is 8.72. The van der Waals surface area contributed by atoms with Crippen LogP contribution in [-0.2, 0) is 9.53 Å². The number of carbonyl (C=O) groups excluding carboxylic acids is 1. The van der Waals surface area contributed by atoms with Crippen molar-refractivity contribution >= 4 is 5.97 Å². The Kier molecular flexibility index (Phi) is 3.52. The Morgan fingerprint density at radius 1 is 1.62 bits per heavy atom. The van der Waals surface area contributed by atoms with Gasteiger partial charge in [-0.2, -0.15) is 0 Å². The lowest BCUT2D eigenvalue weighted by Gasteiger charge is -2.06. The fourth-order valence-corrected chi connectivity index (χ4v) is 1.68. The van der Waals surface area contributed by atoms with Crippen LogP contribution in [0.3, 0.4) is 0 Å². The number of allylic oxidation sites excluding steroid dienone is 2. The summed E-state index contributed by atoms with van der Waals surface area (Å²) in [6.45, 7) is 5.96. The van der Waals surface area contributed by atoms with Crippen molar-refractivity contribution in [1.29, 1.82) is 0 Å². The minimum absolute atomic E-state index is 0.121. The fraction of sp³-hybridized carbons (Fsp3) is 0.727. The van der Waals surface area contributed by atoms with Crippen molar-refractivity contribution in [2.24, 2.45) is 5.92 Å². The van der Waals surface area contributed by atoms with Crippen molar-refractivity contribution in [1.82, 2.24) is 0 Å². The van der Waals surface area contributed by atoms with E-state index >= 15 is 0 Å². The van der Waals surface area contributed by atoms with Crippen LogP contribution in [0.5, 0.6) is 0 Å². The first-order valence-corrected chi connectivity index (χ1v) is 5.02. The van der Waals surface area contributed by atoms with Crippen LogP contribution >= 0.6 is 0 Å². The zero-order chi connectivity index (χ0) is 9.84. The monoisotopic (exact) mass is 182 g/mol. The first kappa shape index (κ1) is 10.3. The zero-order valence-corrected chi connectivity index (χ0v) is 8.72.